The molecule has 3 nitrogen and oxygen atoms in total. The molecule has 2 aromatic rings. The van der Waals surface area contributed by atoms with Gasteiger partial charge in [0.2, 0.25) is 0 Å². The average molecular weight is 259 g/mol. The van der Waals surface area contributed by atoms with Crippen LogP contribution in [0.3, 0.4) is 0 Å². The van der Waals surface area contributed by atoms with E-state index in [0.29, 0.717) is 0 Å². The molecule has 0 atom stereocenters. The van der Waals surface area contributed by atoms with E-state index in [0.717, 1.165) is 17.8 Å². The third-order valence-corrected chi connectivity index (χ3v) is 2.24. The fourth-order valence-corrected chi connectivity index (χ4v) is 1.16. The Morgan fingerprint density at radius 2 is 1.32 bits per heavy atom. The lowest BCUT2D eigenvalue weighted by molar-refractivity contribution is 1.03. The minimum Gasteiger partial charge on any atom is -0.261 e. The summed E-state index contributed by atoms with van der Waals surface area (Å²) in [5, 5.41) is 0. The Labute approximate surface area is 117 Å². The second-order valence-corrected chi connectivity index (χ2v) is 3.98. The highest BCUT2D eigenvalue weighted by atomic mass is 14.8. The molecule has 0 spiro atoms. The summed E-state index contributed by atoms with van der Waals surface area (Å²) in [5.41, 5.74) is 4.33. The Bertz CT molecular complexity index is 412. The lowest BCUT2D eigenvalue weighted by atomic mass is 10.2. The van der Waals surface area contributed by atoms with Crippen molar-refractivity contribution in [1.29, 1.82) is 0 Å². The van der Waals surface area contributed by atoms with Gasteiger partial charge in [-0.25, -0.2) is 0 Å². The van der Waals surface area contributed by atoms with Crippen molar-refractivity contribution >= 4 is 0 Å². The molecule has 0 saturated carbocycles. The SMILES string of the molecule is CC.CCc1ccc(C)cn1.Cc1cnc(C)cn1. The molecular formula is C16H25N3. The van der Waals surface area contributed by atoms with E-state index in [9.17, 15) is 0 Å². The highest BCUT2D eigenvalue weighted by molar-refractivity contribution is 5.11. The van der Waals surface area contributed by atoms with Crippen LogP contribution < -0.4 is 0 Å². The van der Waals surface area contributed by atoms with Gasteiger partial charge in [-0.2, -0.15) is 0 Å². The zero-order valence-electron chi connectivity index (χ0n) is 12.9. The minimum absolute atomic E-state index is 0.968. The maximum absolute atomic E-state index is 4.20. The molecule has 0 unspecified atom stereocenters. The van der Waals surface area contributed by atoms with Crippen molar-refractivity contribution in [2.24, 2.45) is 0 Å². The zero-order chi connectivity index (χ0) is 14.7. The van der Waals surface area contributed by atoms with Gasteiger partial charge in [0.1, 0.15) is 0 Å². The topological polar surface area (TPSA) is 38.7 Å². The van der Waals surface area contributed by atoms with Gasteiger partial charge in [-0.3, -0.25) is 15.0 Å². The number of rotatable bonds is 1. The third-order valence-electron chi connectivity index (χ3n) is 2.24. The molecule has 0 fully saturated rings. The number of hydrogen-bond donors (Lipinski definition) is 0. The molecule has 0 aliphatic rings. The van der Waals surface area contributed by atoms with E-state index >= 15 is 0 Å². The molecule has 2 heterocycles. The van der Waals surface area contributed by atoms with Crippen molar-refractivity contribution in [1.82, 2.24) is 15.0 Å². The molecule has 2 aromatic heterocycles. The van der Waals surface area contributed by atoms with E-state index in [2.05, 4.69) is 34.0 Å². The highest BCUT2D eigenvalue weighted by Crippen LogP contribution is 1.97. The molecule has 0 aliphatic carbocycles. The molecule has 19 heavy (non-hydrogen) atoms. The molecule has 0 N–H and O–H groups in total. The van der Waals surface area contributed by atoms with Gasteiger partial charge < -0.3 is 0 Å². The van der Waals surface area contributed by atoms with E-state index in [1.54, 1.807) is 12.4 Å². The van der Waals surface area contributed by atoms with Gasteiger partial charge in [0.25, 0.3) is 0 Å². The lowest BCUT2D eigenvalue weighted by Crippen LogP contribution is -1.84. The Balaban J connectivity index is 0.000000303. The molecule has 0 bridgehead atoms. The van der Waals surface area contributed by atoms with Crippen LogP contribution in [0.4, 0.5) is 0 Å². The molecule has 0 amide bonds. The summed E-state index contributed by atoms with van der Waals surface area (Å²) in [6, 6.07) is 4.15. The van der Waals surface area contributed by atoms with Crippen LogP contribution in [0.2, 0.25) is 0 Å². The van der Waals surface area contributed by atoms with Crippen LogP contribution in [0, 0.1) is 20.8 Å². The Hall–Kier alpha value is -1.77. The molecule has 0 aromatic carbocycles. The summed E-state index contributed by atoms with van der Waals surface area (Å²) in [7, 11) is 0. The number of hydrogen-bond acceptors (Lipinski definition) is 3. The molecule has 3 heteroatoms. The third kappa shape index (κ3) is 8.03. The summed E-state index contributed by atoms with van der Waals surface area (Å²) in [5.74, 6) is 0. The van der Waals surface area contributed by atoms with Crippen molar-refractivity contribution in [3.8, 4) is 0 Å². The van der Waals surface area contributed by atoms with Crippen molar-refractivity contribution in [3.05, 3.63) is 53.4 Å². The molecule has 0 radical (unpaired) electrons. The predicted molar refractivity (Wildman–Crippen MR) is 81.2 cm³/mol. The van der Waals surface area contributed by atoms with Crippen molar-refractivity contribution in [2.45, 2.75) is 48.0 Å². The molecule has 0 saturated heterocycles. The fraction of sp³-hybridized carbons (Fsp3) is 0.438. The molecule has 0 aliphatic heterocycles. The first-order chi connectivity index (χ1) is 9.11. The van der Waals surface area contributed by atoms with Crippen molar-refractivity contribution in [2.75, 3.05) is 0 Å². The Kier molecular flexibility index (Phi) is 9.23. The summed E-state index contributed by atoms with van der Waals surface area (Å²) in [6.45, 7) is 12.0. The molecule has 104 valence electrons. The number of pyridine rings is 1. The first-order valence-corrected chi connectivity index (χ1v) is 6.78. The summed E-state index contributed by atoms with van der Waals surface area (Å²) in [6.07, 6.45) is 6.45. The van der Waals surface area contributed by atoms with E-state index in [1.165, 1.54) is 11.3 Å². The maximum Gasteiger partial charge on any atom is 0.0555 e. The fourth-order valence-electron chi connectivity index (χ4n) is 1.16. The van der Waals surface area contributed by atoms with Gasteiger partial charge in [0.15, 0.2) is 0 Å². The smallest absolute Gasteiger partial charge is 0.0555 e. The normalized spacial score (nSPS) is 8.74. The summed E-state index contributed by atoms with van der Waals surface area (Å²) < 4.78 is 0. The number of aryl methyl sites for hydroxylation is 4. The quantitative estimate of drug-likeness (QED) is 0.774. The van der Waals surface area contributed by atoms with Crippen LogP contribution in [-0.4, -0.2) is 15.0 Å². The Morgan fingerprint density at radius 3 is 1.63 bits per heavy atom. The largest absolute Gasteiger partial charge is 0.261 e. The van der Waals surface area contributed by atoms with Crippen molar-refractivity contribution < 1.29 is 0 Å². The number of aromatic nitrogens is 3. The van der Waals surface area contributed by atoms with Crippen LogP contribution >= 0.6 is 0 Å². The monoisotopic (exact) mass is 259 g/mol. The Morgan fingerprint density at radius 1 is 0.789 bits per heavy atom. The first-order valence-electron chi connectivity index (χ1n) is 6.78. The van der Waals surface area contributed by atoms with Crippen LogP contribution in [0.1, 0.15) is 43.4 Å². The van der Waals surface area contributed by atoms with Crippen LogP contribution in [0.15, 0.2) is 30.7 Å². The minimum atomic E-state index is 0.968. The first kappa shape index (κ1) is 17.2. The van der Waals surface area contributed by atoms with E-state index in [4.69, 9.17) is 0 Å². The van der Waals surface area contributed by atoms with Gasteiger partial charge >= 0.3 is 0 Å². The highest BCUT2D eigenvalue weighted by Gasteiger charge is 1.86. The van der Waals surface area contributed by atoms with Gasteiger partial charge in [0.05, 0.1) is 11.4 Å². The standard InChI is InChI=1S/C8H11N.C6H8N2.C2H6/c1-3-8-5-4-7(2)6-9-8;1-5-3-8-6(2)4-7-5;1-2/h4-6H,3H2,1-2H3;3-4H,1-2H3;1-2H3. The van der Waals surface area contributed by atoms with Crippen LogP contribution in [0.25, 0.3) is 0 Å². The second kappa shape index (κ2) is 10.2. The second-order valence-electron chi connectivity index (χ2n) is 3.98. The number of nitrogens with zero attached hydrogens (tertiary/aromatic N) is 3. The molecule has 2 rings (SSSR count). The van der Waals surface area contributed by atoms with Gasteiger partial charge in [-0.15, -0.1) is 0 Å². The lowest BCUT2D eigenvalue weighted by Gasteiger charge is -1.93. The summed E-state index contributed by atoms with van der Waals surface area (Å²) >= 11 is 0. The van der Waals surface area contributed by atoms with Gasteiger partial charge in [0, 0.05) is 24.3 Å². The van der Waals surface area contributed by atoms with Gasteiger partial charge in [-0.05, 0) is 38.8 Å². The predicted octanol–water partition coefficient (Wildman–Crippen LogP) is 4.07. The average Bonchev–Trinajstić information content (AvgIpc) is 2.46. The summed E-state index contributed by atoms with van der Waals surface area (Å²) in [4.78, 5) is 12.2. The van der Waals surface area contributed by atoms with E-state index < -0.39 is 0 Å². The maximum atomic E-state index is 4.20. The molecular weight excluding hydrogens is 234 g/mol. The van der Waals surface area contributed by atoms with E-state index in [-0.39, 0.29) is 0 Å². The van der Waals surface area contributed by atoms with Crippen LogP contribution in [-0.2, 0) is 6.42 Å². The van der Waals surface area contributed by atoms with E-state index in [1.807, 2.05) is 40.8 Å². The van der Waals surface area contributed by atoms with Crippen molar-refractivity contribution in [3.63, 3.8) is 0 Å². The van der Waals surface area contributed by atoms with Gasteiger partial charge in [-0.1, -0.05) is 26.8 Å². The van der Waals surface area contributed by atoms with Crippen LogP contribution in [0.5, 0.6) is 0 Å². The zero-order valence-corrected chi connectivity index (χ0v) is 12.9.